The molecule has 2 aliphatic carbocycles. The van der Waals surface area contributed by atoms with E-state index in [0.29, 0.717) is 25.7 Å². The van der Waals surface area contributed by atoms with Crippen molar-refractivity contribution in [2.75, 3.05) is 0 Å². The van der Waals surface area contributed by atoms with Gasteiger partial charge in [0, 0.05) is 70.2 Å². The van der Waals surface area contributed by atoms with E-state index in [1.54, 1.807) is 0 Å². The second kappa shape index (κ2) is 21.8. The molecule has 0 bridgehead atoms. The van der Waals surface area contributed by atoms with E-state index in [1.165, 1.54) is 0 Å². The van der Waals surface area contributed by atoms with E-state index in [-0.39, 0.29) is 11.6 Å². The van der Waals surface area contributed by atoms with E-state index in [4.69, 9.17) is 0 Å². The first kappa shape index (κ1) is 46.8. The van der Waals surface area contributed by atoms with E-state index in [2.05, 4.69) is 121 Å². The summed E-state index contributed by atoms with van der Waals surface area (Å²) in [4.78, 5) is 30.7. The molecule has 11 rings (SSSR count). The van der Waals surface area contributed by atoms with E-state index >= 15 is 9.59 Å². The van der Waals surface area contributed by atoms with Gasteiger partial charge in [0.2, 0.25) is 0 Å². The lowest BCUT2D eigenvalue weighted by atomic mass is 9.86. The van der Waals surface area contributed by atoms with Crippen molar-refractivity contribution >= 4 is 33.9 Å². The normalized spacial score (nSPS) is 13.2. The predicted octanol–water partition coefficient (Wildman–Crippen LogP) is 15.0. The third-order valence-electron chi connectivity index (χ3n) is 13.7. The summed E-state index contributed by atoms with van der Waals surface area (Å²) in [5.41, 5.74) is 18.1. The number of Topliss-reactive ketones (excluding diaryl/α,β-unsaturated/α-hetero) is 2. The third-order valence-corrected chi connectivity index (χ3v) is 13.7. The highest BCUT2D eigenvalue weighted by Gasteiger charge is 2.36. The summed E-state index contributed by atoms with van der Waals surface area (Å²) >= 11 is 0. The summed E-state index contributed by atoms with van der Waals surface area (Å²) in [6.07, 6.45) is 1.87. The smallest absolute Gasteiger partial charge is 0.186 e. The van der Waals surface area contributed by atoms with Crippen LogP contribution in [0.4, 0.5) is 0 Å². The van der Waals surface area contributed by atoms with Gasteiger partial charge in [0.1, 0.15) is 0 Å². The van der Waals surface area contributed by atoms with Gasteiger partial charge >= 0.3 is 0 Å². The zero-order chi connectivity index (χ0) is 50.1. The van der Waals surface area contributed by atoms with Crippen LogP contribution in [0.5, 0.6) is 0 Å². The Hall–Kier alpha value is -9.60. The molecule has 74 heavy (non-hydrogen) atoms. The number of benzene rings is 9. The molecule has 2 nitrogen and oxygen atoms in total. The molecule has 0 saturated heterocycles. The standard InChI is InChI=1S/C72H50O2/c73-71-63(47-53-26-12-3-13-27-53)67(59-34-20-7-21-35-59)68(64(71)48-54-28-14-4-15-29-54)60-40-42-61(43-41-60)69-65(49-55-30-16-5-17-31-55)72(74)66(50-56-32-18-6-19-33-56)70(69)62-45-57(38-36-51-22-8-1-9-23-51)44-58(46-62)39-37-52-24-10-2-11-25-52/h1-35,40-46H,47-50H2. The Morgan fingerprint density at radius 3 is 0.784 bits per heavy atom. The molecule has 350 valence electrons. The average molecular weight is 947 g/mol. The van der Waals surface area contributed by atoms with Crippen molar-refractivity contribution in [2.45, 2.75) is 25.7 Å². The summed E-state index contributed by atoms with van der Waals surface area (Å²) in [7, 11) is 0. The molecule has 0 heterocycles. The molecule has 0 unspecified atom stereocenters. The molecule has 0 fully saturated rings. The second-order valence-corrected chi connectivity index (χ2v) is 18.7. The number of carbonyl (C=O) groups is 2. The molecule has 2 aliphatic rings. The highest BCUT2D eigenvalue weighted by atomic mass is 16.1. The Kier molecular flexibility index (Phi) is 13.8. The topological polar surface area (TPSA) is 34.1 Å². The van der Waals surface area contributed by atoms with Gasteiger partial charge in [0.05, 0.1) is 0 Å². The Morgan fingerprint density at radius 2 is 0.473 bits per heavy atom. The molecule has 9 aromatic carbocycles. The quantitative estimate of drug-likeness (QED) is 0.114. The monoisotopic (exact) mass is 946 g/mol. The summed E-state index contributed by atoms with van der Waals surface area (Å²) in [6, 6.07) is 86.2. The lowest BCUT2D eigenvalue weighted by molar-refractivity contribution is -0.112. The van der Waals surface area contributed by atoms with Crippen molar-refractivity contribution < 1.29 is 9.59 Å². The van der Waals surface area contributed by atoms with E-state index in [1.807, 2.05) is 158 Å². The first-order valence-corrected chi connectivity index (χ1v) is 25.2. The van der Waals surface area contributed by atoms with Crippen LogP contribution in [0.1, 0.15) is 66.8 Å². The van der Waals surface area contributed by atoms with E-state index < -0.39 is 0 Å². The van der Waals surface area contributed by atoms with Gasteiger partial charge in [-0.15, -0.1) is 0 Å². The van der Waals surface area contributed by atoms with Crippen LogP contribution < -0.4 is 0 Å². The van der Waals surface area contributed by atoms with Crippen molar-refractivity contribution in [2.24, 2.45) is 0 Å². The maximum Gasteiger partial charge on any atom is 0.186 e. The zero-order valence-electron chi connectivity index (χ0n) is 40.9. The molecular formula is C72H50O2. The number of hydrogen-bond donors (Lipinski definition) is 0. The van der Waals surface area contributed by atoms with Crippen LogP contribution in [-0.2, 0) is 35.3 Å². The maximum absolute atomic E-state index is 15.6. The van der Waals surface area contributed by atoms with Crippen molar-refractivity contribution in [3.8, 4) is 23.7 Å². The van der Waals surface area contributed by atoms with Gasteiger partial charge in [-0.25, -0.2) is 0 Å². The SMILES string of the molecule is O=C1C(Cc2ccccc2)=C(c2ccccc2)C(c2ccc(C3=C(Cc4ccccc4)C(=O)C(Cc4ccccc4)=C3c3cc(C#Cc4ccccc4)cc(C#Cc4ccccc4)c3)cc2)=C1Cc1ccccc1. The highest BCUT2D eigenvalue weighted by Crippen LogP contribution is 2.48. The summed E-state index contributed by atoms with van der Waals surface area (Å²) in [5, 5.41) is 0. The molecule has 0 spiro atoms. The van der Waals surface area contributed by atoms with Crippen LogP contribution in [0, 0.1) is 23.7 Å². The molecule has 0 aromatic heterocycles. The number of ketones is 2. The van der Waals surface area contributed by atoms with Gasteiger partial charge in [-0.3, -0.25) is 9.59 Å². The van der Waals surface area contributed by atoms with Crippen molar-refractivity contribution in [3.63, 3.8) is 0 Å². The molecule has 0 saturated carbocycles. The molecular weight excluding hydrogens is 897 g/mol. The lowest BCUT2D eigenvalue weighted by Crippen LogP contribution is -2.08. The first-order valence-electron chi connectivity index (χ1n) is 25.2. The van der Waals surface area contributed by atoms with Gasteiger partial charge in [0.25, 0.3) is 0 Å². The third kappa shape index (κ3) is 10.4. The second-order valence-electron chi connectivity index (χ2n) is 18.7. The summed E-state index contributed by atoms with van der Waals surface area (Å²) in [6.45, 7) is 0. The Balaban J connectivity index is 1.12. The van der Waals surface area contributed by atoms with Gasteiger partial charge in [-0.1, -0.05) is 236 Å². The van der Waals surface area contributed by atoms with Crippen molar-refractivity contribution in [3.05, 3.63) is 344 Å². The van der Waals surface area contributed by atoms with Crippen LogP contribution in [0.2, 0.25) is 0 Å². The molecule has 0 atom stereocenters. The number of rotatable bonds is 12. The minimum Gasteiger partial charge on any atom is -0.289 e. The molecule has 0 amide bonds. The minimum absolute atomic E-state index is 0.0265. The van der Waals surface area contributed by atoms with Crippen LogP contribution in [0.3, 0.4) is 0 Å². The van der Waals surface area contributed by atoms with Crippen LogP contribution in [0.15, 0.2) is 277 Å². The van der Waals surface area contributed by atoms with E-state index in [0.717, 1.165) is 111 Å². The van der Waals surface area contributed by atoms with Crippen LogP contribution in [-0.4, -0.2) is 11.6 Å². The lowest BCUT2D eigenvalue weighted by Gasteiger charge is -2.17. The Morgan fingerprint density at radius 1 is 0.230 bits per heavy atom. The average Bonchev–Trinajstić information content (AvgIpc) is 3.89. The molecule has 0 radical (unpaired) electrons. The largest absolute Gasteiger partial charge is 0.289 e. The zero-order valence-corrected chi connectivity index (χ0v) is 40.9. The fourth-order valence-corrected chi connectivity index (χ4v) is 10.2. The minimum atomic E-state index is 0.0265. The van der Waals surface area contributed by atoms with Crippen LogP contribution in [0.25, 0.3) is 22.3 Å². The van der Waals surface area contributed by atoms with Gasteiger partial charge in [-0.05, 0) is 109 Å². The molecule has 0 N–H and O–H groups in total. The highest BCUT2D eigenvalue weighted by molar-refractivity contribution is 6.33. The van der Waals surface area contributed by atoms with Gasteiger partial charge in [-0.2, -0.15) is 0 Å². The fraction of sp³-hybridized carbons (Fsp3) is 0.0556. The molecule has 2 heteroatoms. The van der Waals surface area contributed by atoms with Gasteiger partial charge < -0.3 is 0 Å². The number of allylic oxidation sites excluding steroid dienone is 8. The van der Waals surface area contributed by atoms with Crippen LogP contribution >= 0.6 is 0 Å². The molecule has 0 aliphatic heterocycles. The Bertz CT molecular complexity index is 3710. The van der Waals surface area contributed by atoms with E-state index in [9.17, 15) is 0 Å². The van der Waals surface area contributed by atoms with Crippen molar-refractivity contribution in [1.82, 2.24) is 0 Å². The Labute approximate surface area is 434 Å². The van der Waals surface area contributed by atoms with Crippen molar-refractivity contribution in [1.29, 1.82) is 0 Å². The first-order chi connectivity index (χ1) is 36.5. The summed E-state index contributed by atoms with van der Waals surface area (Å²) < 4.78 is 0. The predicted molar refractivity (Wildman–Crippen MR) is 302 cm³/mol. The number of hydrogen-bond acceptors (Lipinski definition) is 2. The fourth-order valence-electron chi connectivity index (χ4n) is 10.2. The molecule has 9 aromatic rings. The summed E-state index contributed by atoms with van der Waals surface area (Å²) in [5.74, 6) is 13.8. The van der Waals surface area contributed by atoms with Gasteiger partial charge in [0.15, 0.2) is 11.6 Å². The maximum atomic E-state index is 15.6. The number of carbonyl (C=O) groups excluding carboxylic acids is 2.